The van der Waals surface area contributed by atoms with Crippen molar-refractivity contribution in [3.8, 4) is 6.07 Å². The van der Waals surface area contributed by atoms with Gasteiger partial charge in [-0.1, -0.05) is 6.08 Å². The molecule has 0 aromatic heterocycles. The Morgan fingerprint density at radius 1 is 1.59 bits per heavy atom. The third kappa shape index (κ3) is 3.27. The maximum absolute atomic E-state index is 11.7. The standard InChI is InChI=1S/C14H19Cl2N3O3/c1-21-13(20)18-14(9-17,12(15)16)10-3-2-4-11(10)19-5-7-22-8-6-19/h4,10,12H,2-3,5-8H2,1H3,(H,18,20)/t10-,14-/m0/s1. The summed E-state index contributed by atoms with van der Waals surface area (Å²) in [6, 6.07) is 2.12. The quantitative estimate of drug-likeness (QED) is 0.787. The van der Waals surface area contributed by atoms with E-state index < -0.39 is 16.5 Å². The number of alkyl carbamates (subject to hydrolysis) is 1. The molecule has 0 radical (unpaired) electrons. The van der Waals surface area contributed by atoms with E-state index in [4.69, 9.17) is 27.9 Å². The number of nitriles is 1. The average Bonchev–Trinajstić information content (AvgIpc) is 3.02. The van der Waals surface area contributed by atoms with Crippen LogP contribution in [-0.2, 0) is 9.47 Å². The number of ether oxygens (including phenoxy) is 2. The van der Waals surface area contributed by atoms with Crippen LogP contribution < -0.4 is 5.32 Å². The molecule has 2 rings (SSSR count). The predicted molar refractivity (Wildman–Crippen MR) is 82.6 cm³/mol. The van der Waals surface area contributed by atoms with Crippen molar-refractivity contribution in [3.63, 3.8) is 0 Å². The smallest absolute Gasteiger partial charge is 0.408 e. The molecule has 0 saturated carbocycles. The number of rotatable bonds is 4. The highest BCUT2D eigenvalue weighted by molar-refractivity contribution is 6.45. The molecule has 0 spiro atoms. The third-order valence-corrected chi connectivity index (χ3v) is 4.80. The topological polar surface area (TPSA) is 74.6 Å². The fourth-order valence-corrected chi connectivity index (χ4v) is 3.50. The second-order valence-electron chi connectivity index (χ2n) is 5.26. The van der Waals surface area contributed by atoms with Crippen molar-refractivity contribution < 1.29 is 14.3 Å². The first-order valence-electron chi connectivity index (χ1n) is 7.13. The monoisotopic (exact) mass is 347 g/mol. The number of hydrogen-bond acceptors (Lipinski definition) is 5. The van der Waals surface area contributed by atoms with Gasteiger partial charge in [0.05, 0.1) is 26.4 Å². The molecule has 1 amide bonds. The molecule has 0 bridgehead atoms. The Hall–Kier alpha value is -1.16. The van der Waals surface area contributed by atoms with E-state index in [1.807, 2.05) is 0 Å². The summed E-state index contributed by atoms with van der Waals surface area (Å²) < 4.78 is 9.99. The van der Waals surface area contributed by atoms with E-state index >= 15 is 0 Å². The molecule has 8 heteroatoms. The van der Waals surface area contributed by atoms with Crippen LogP contribution in [0.5, 0.6) is 0 Å². The zero-order chi connectivity index (χ0) is 16.2. The van der Waals surface area contributed by atoms with Crippen LogP contribution in [0.25, 0.3) is 0 Å². The minimum absolute atomic E-state index is 0.283. The van der Waals surface area contributed by atoms with E-state index in [1.165, 1.54) is 7.11 Å². The van der Waals surface area contributed by atoms with Crippen LogP contribution in [-0.4, -0.2) is 54.8 Å². The van der Waals surface area contributed by atoms with Gasteiger partial charge >= 0.3 is 6.09 Å². The fourth-order valence-electron chi connectivity index (χ4n) is 2.99. The molecule has 22 heavy (non-hydrogen) atoms. The van der Waals surface area contributed by atoms with Gasteiger partial charge in [0.25, 0.3) is 0 Å². The van der Waals surface area contributed by atoms with Crippen molar-refractivity contribution in [2.24, 2.45) is 5.92 Å². The number of carbonyl (C=O) groups excluding carboxylic acids is 1. The van der Waals surface area contributed by atoms with Crippen LogP contribution in [0.15, 0.2) is 11.8 Å². The molecule has 1 heterocycles. The molecule has 122 valence electrons. The summed E-state index contributed by atoms with van der Waals surface area (Å²) in [6.45, 7) is 2.77. The first kappa shape index (κ1) is 17.2. The Bertz CT molecular complexity index is 486. The lowest BCUT2D eigenvalue weighted by Gasteiger charge is -2.40. The molecule has 0 aromatic carbocycles. The number of carbonyl (C=O) groups is 1. The van der Waals surface area contributed by atoms with Crippen LogP contribution in [0.4, 0.5) is 4.79 Å². The maximum Gasteiger partial charge on any atom is 0.408 e. The lowest BCUT2D eigenvalue weighted by Crippen LogP contribution is -2.58. The highest BCUT2D eigenvalue weighted by atomic mass is 35.5. The summed E-state index contributed by atoms with van der Waals surface area (Å²) in [5, 5.41) is 12.3. The van der Waals surface area contributed by atoms with Gasteiger partial charge in [0.1, 0.15) is 4.84 Å². The Morgan fingerprint density at radius 3 is 2.82 bits per heavy atom. The van der Waals surface area contributed by atoms with E-state index in [1.54, 1.807) is 0 Å². The van der Waals surface area contributed by atoms with E-state index in [0.717, 1.165) is 25.2 Å². The first-order valence-corrected chi connectivity index (χ1v) is 8.00. The minimum Gasteiger partial charge on any atom is -0.453 e. The Kier molecular flexibility index (Phi) is 5.79. The van der Waals surface area contributed by atoms with E-state index in [9.17, 15) is 10.1 Å². The Morgan fingerprint density at radius 2 is 2.27 bits per heavy atom. The van der Waals surface area contributed by atoms with Gasteiger partial charge in [-0.15, -0.1) is 23.2 Å². The number of nitrogens with one attached hydrogen (secondary N) is 1. The highest BCUT2D eigenvalue weighted by Gasteiger charge is 2.50. The van der Waals surface area contributed by atoms with Crippen molar-refractivity contribution in [3.05, 3.63) is 11.8 Å². The predicted octanol–water partition coefficient (Wildman–Crippen LogP) is 2.03. The molecule has 1 aliphatic carbocycles. The Balaban J connectivity index is 2.28. The summed E-state index contributed by atoms with van der Waals surface area (Å²) in [5.74, 6) is -0.283. The van der Waals surface area contributed by atoms with Crippen molar-refractivity contribution >= 4 is 29.3 Å². The average molecular weight is 348 g/mol. The van der Waals surface area contributed by atoms with Crippen LogP contribution in [0, 0.1) is 17.2 Å². The molecule has 1 N–H and O–H groups in total. The van der Waals surface area contributed by atoms with Crippen LogP contribution in [0.3, 0.4) is 0 Å². The molecule has 0 aromatic rings. The summed E-state index contributed by atoms with van der Waals surface area (Å²) in [7, 11) is 1.24. The Labute approximate surface area is 139 Å². The molecular formula is C14H19Cl2N3O3. The summed E-state index contributed by atoms with van der Waals surface area (Å²) in [6.07, 6.45) is 2.86. The zero-order valence-corrected chi connectivity index (χ0v) is 13.9. The van der Waals surface area contributed by atoms with Gasteiger partial charge in [0.2, 0.25) is 0 Å². The van der Waals surface area contributed by atoms with Gasteiger partial charge in [0, 0.05) is 24.7 Å². The number of nitrogens with zero attached hydrogens (tertiary/aromatic N) is 2. The van der Waals surface area contributed by atoms with Crippen molar-refractivity contribution in [1.82, 2.24) is 10.2 Å². The molecule has 2 aliphatic rings. The molecule has 1 saturated heterocycles. The van der Waals surface area contributed by atoms with Crippen LogP contribution in [0.2, 0.25) is 0 Å². The molecular weight excluding hydrogens is 329 g/mol. The first-order chi connectivity index (χ1) is 10.5. The van der Waals surface area contributed by atoms with Crippen LogP contribution >= 0.6 is 23.2 Å². The second kappa shape index (κ2) is 7.40. The summed E-state index contributed by atoms with van der Waals surface area (Å²) in [5.41, 5.74) is -0.427. The zero-order valence-electron chi connectivity index (χ0n) is 12.3. The lowest BCUT2D eigenvalue weighted by molar-refractivity contribution is 0.0462. The van der Waals surface area contributed by atoms with Gasteiger partial charge in [0.15, 0.2) is 5.54 Å². The molecule has 2 atom stereocenters. The number of hydrogen-bond donors (Lipinski definition) is 1. The largest absolute Gasteiger partial charge is 0.453 e. The molecule has 1 fully saturated rings. The number of methoxy groups -OCH3 is 1. The lowest BCUT2D eigenvalue weighted by atomic mass is 9.83. The SMILES string of the molecule is COC(=O)N[C@](C#N)(C(Cl)Cl)[C@H]1CCC=C1N1CCOCC1. The second-order valence-corrected chi connectivity index (χ2v) is 6.35. The van der Waals surface area contributed by atoms with Gasteiger partial charge < -0.3 is 14.4 Å². The fraction of sp³-hybridized carbons (Fsp3) is 0.714. The minimum atomic E-state index is -1.42. The van der Waals surface area contributed by atoms with Gasteiger partial charge in [-0.2, -0.15) is 5.26 Å². The number of morpholine rings is 1. The van der Waals surface area contributed by atoms with Crippen molar-refractivity contribution in [1.29, 1.82) is 5.26 Å². The summed E-state index contributed by atoms with van der Waals surface area (Å²) >= 11 is 12.2. The molecule has 1 aliphatic heterocycles. The maximum atomic E-state index is 11.7. The number of allylic oxidation sites excluding steroid dienone is 1. The number of alkyl halides is 2. The van der Waals surface area contributed by atoms with Gasteiger partial charge in [-0.3, -0.25) is 5.32 Å². The van der Waals surface area contributed by atoms with E-state index in [-0.39, 0.29) is 5.92 Å². The molecule has 0 unspecified atom stereocenters. The number of amides is 1. The van der Waals surface area contributed by atoms with E-state index in [2.05, 4.69) is 27.1 Å². The van der Waals surface area contributed by atoms with Crippen LogP contribution in [0.1, 0.15) is 12.8 Å². The van der Waals surface area contributed by atoms with Crippen molar-refractivity contribution in [2.45, 2.75) is 23.2 Å². The molecule has 6 nitrogen and oxygen atoms in total. The normalized spacial score (nSPS) is 24.4. The van der Waals surface area contributed by atoms with Gasteiger partial charge in [-0.25, -0.2) is 4.79 Å². The number of halogens is 2. The third-order valence-electron chi connectivity index (χ3n) is 4.12. The highest BCUT2D eigenvalue weighted by Crippen LogP contribution is 2.41. The summed E-state index contributed by atoms with van der Waals surface area (Å²) in [4.78, 5) is 12.8. The van der Waals surface area contributed by atoms with Crippen molar-refractivity contribution in [2.75, 3.05) is 33.4 Å². The van der Waals surface area contributed by atoms with Gasteiger partial charge in [-0.05, 0) is 12.8 Å². The van der Waals surface area contributed by atoms with E-state index in [0.29, 0.717) is 19.6 Å².